The lowest BCUT2D eigenvalue weighted by Crippen LogP contribution is -1.93. The van der Waals surface area contributed by atoms with E-state index in [4.69, 9.17) is 0 Å². The Morgan fingerprint density at radius 1 is 1.12 bits per heavy atom. The van der Waals surface area contributed by atoms with Gasteiger partial charge in [-0.2, -0.15) is 0 Å². The molecule has 0 amide bonds. The molecule has 3 rings (SSSR count). The number of pyridine rings is 2. The van der Waals surface area contributed by atoms with Gasteiger partial charge in [0, 0.05) is 23.9 Å². The van der Waals surface area contributed by atoms with Crippen LogP contribution in [0.1, 0.15) is 28.1 Å². The minimum atomic E-state index is 0.937. The van der Waals surface area contributed by atoms with Crippen molar-refractivity contribution in [2.45, 2.75) is 27.2 Å². The second-order valence-electron chi connectivity index (χ2n) is 4.52. The molecule has 0 saturated heterocycles. The van der Waals surface area contributed by atoms with E-state index in [2.05, 4.69) is 35.9 Å². The van der Waals surface area contributed by atoms with Crippen molar-refractivity contribution in [2.24, 2.45) is 0 Å². The zero-order valence-corrected chi connectivity index (χ0v) is 9.83. The van der Waals surface area contributed by atoms with E-state index < -0.39 is 0 Å². The molecule has 0 N–H and O–H groups in total. The Labute approximate surface area is 95.4 Å². The van der Waals surface area contributed by atoms with E-state index in [1.807, 2.05) is 13.1 Å². The summed E-state index contributed by atoms with van der Waals surface area (Å²) in [6.07, 6.45) is 2.90. The summed E-state index contributed by atoms with van der Waals surface area (Å²) in [6, 6.07) is 4.20. The third-order valence-corrected chi connectivity index (χ3v) is 3.43. The zero-order valence-electron chi connectivity index (χ0n) is 9.83. The van der Waals surface area contributed by atoms with Crippen molar-refractivity contribution in [3.63, 3.8) is 0 Å². The molecule has 1 aliphatic rings. The maximum atomic E-state index is 4.60. The van der Waals surface area contributed by atoms with Crippen LogP contribution < -0.4 is 0 Å². The quantitative estimate of drug-likeness (QED) is 0.570. The van der Waals surface area contributed by atoms with Crippen molar-refractivity contribution < 1.29 is 0 Å². The standard InChI is InChI=1S/C14H14N2/c1-8-7-15-14-11-5-4-9(2)16-13(11)6-12(14)10(8)3/h4-5,7H,6H2,1-3H3. The van der Waals surface area contributed by atoms with Gasteiger partial charge in [0.1, 0.15) is 0 Å². The molecule has 80 valence electrons. The van der Waals surface area contributed by atoms with Crippen LogP contribution in [0.2, 0.25) is 0 Å². The molecule has 0 spiro atoms. The lowest BCUT2D eigenvalue weighted by molar-refractivity contribution is 1.06. The lowest BCUT2D eigenvalue weighted by atomic mass is 10.0. The highest BCUT2D eigenvalue weighted by Crippen LogP contribution is 2.36. The van der Waals surface area contributed by atoms with Crippen LogP contribution in [0.3, 0.4) is 0 Å². The topological polar surface area (TPSA) is 25.8 Å². The van der Waals surface area contributed by atoms with E-state index in [1.54, 1.807) is 0 Å². The number of rotatable bonds is 0. The molecule has 0 atom stereocenters. The Balaban J connectivity index is 2.27. The highest BCUT2D eigenvalue weighted by Gasteiger charge is 2.23. The summed E-state index contributed by atoms with van der Waals surface area (Å²) >= 11 is 0. The molecular formula is C14H14N2. The van der Waals surface area contributed by atoms with Crippen LogP contribution in [0.25, 0.3) is 11.3 Å². The van der Waals surface area contributed by atoms with E-state index in [-0.39, 0.29) is 0 Å². The van der Waals surface area contributed by atoms with E-state index in [0.717, 1.165) is 17.8 Å². The van der Waals surface area contributed by atoms with Gasteiger partial charge in [0.15, 0.2) is 0 Å². The summed E-state index contributed by atoms with van der Waals surface area (Å²) in [6.45, 7) is 6.33. The number of fused-ring (bicyclic) bond motifs is 3. The summed E-state index contributed by atoms with van der Waals surface area (Å²) < 4.78 is 0. The zero-order chi connectivity index (χ0) is 11.3. The Hall–Kier alpha value is -1.70. The maximum absolute atomic E-state index is 4.60. The largest absolute Gasteiger partial charge is 0.257 e. The van der Waals surface area contributed by atoms with Gasteiger partial charge < -0.3 is 0 Å². The molecule has 1 aliphatic carbocycles. The number of nitrogens with zero attached hydrogens (tertiary/aromatic N) is 2. The van der Waals surface area contributed by atoms with Crippen LogP contribution in [0.5, 0.6) is 0 Å². The van der Waals surface area contributed by atoms with Gasteiger partial charge >= 0.3 is 0 Å². The minimum absolute atomic E-state index is 0.937. The molecule has 0 bridgehead atoms. The highest BCUT2D eigenvalue weighted by atomic mass is 14.8. The van der Waals surface area contributed by atoms with Crippen LogP contribution in [0.15, 0.2) is 18.3 Å². The predicted molar refractivity (Wildman–Crippen MR) is 64.5 cm³/mol. The summed E-state index contributed by atoms with van der Waals surface area (Å²) in [5, 5.41) is 0. The molecule has 0 aliphatic heterocycles. The molecular weight excluding hydrogens is 196 g/mol. The molecule has 0 aromatic carbocycles. The first-order valence-corrected chi connectivity index (χ1v) is 5.59. The fraction of sp³-hybridized carbons (Fsp3) is 0.286. The fourth-order valence-corrected chi connectivity index (χ4v) is 2.33. The highest BCUT2D eigenvalue weighted by molar-refractivity contribution is 5.73. The number of hydrogen-bond donors (Lipinski definition) is 0. The summed E-state index contributed by atoms with van der Waals surface area (Å²) in [5.74, 6) is 0. The Bertz CT molecular complexity index is 586. The van der Waals surface area contributed by atoms with Crippen molar-refractivity contribution in [3.05, 3.63) is 46.4 Å². The van der Waals surface area contributed by atoms with Gasteiger partial charge in [0.05, 0.1) is 11.4 Å². The number of aromatic nitrogens is 2. The summed E-state index contributed by atoms with van der Waals surface area (Å²) in [7, 11) is 0. The number of aryl methyl sites for hydroxylation is 2. The molecule has 0 fully saturated rings. The van der Waals surface area contributed by atoms with Crippen molar-refractivity contribution in [2.75, 3.05) is 0 Å². The normalized spacial score (nSPS) is 12.4. The molecule has 2 nitrogen and oxygen atoms in total. The van der Waals surface area contributed by atoms with Gasteiger partial charge in [-0.25, -0.2) is 0 Å². The molecule has 0 unspecified atom stereocenters. The number of hydrogen-bond acceptors (Lipinski definition) is 2. The molecule has 0 radical (unpaired) electrons. The Morgan fingerprint density at radius 2 is 1.94 bits per heavy atom. The van der Waals surface area contributed by atoms with Crippen LogP contribution in [0, 0.1) is 20.8 Å². The van der Waals surface area contributed by atoms with E-state index in [9.17, 15) is 0 Å². The molecule has 0 saturated carbocycles. The SMILES string of the molecule is Cc1ccc2c(n1)Cc1c-2ncc(C)c1C. The Morgan fingerprint density at radius 3 is 2.75 bits per heavy atom. The van der Waals surface area contributed by atoms with E-state index >= 15 is 0 Å². The van der Waals surface area contributed by atoms with Gasteiger partial charge in [-0.15, -0.1) is 0 Å². The van der Waals surface area contributed by atoms with Crippen molar-refractivity contribution in [1.82, 2.24) is 9.97 Å². The third kappa shape index (κ3) is 1.19. The molecule has 16 heavy (non-hydrogen) atoms. The first-order valence-electron chi connectivity index (χ1n) is 5.59. The fourth-order valence-electron chi connectivity index (χ4n) is 2.33. The molecule has 2 aromatic heterocycles. The summed E-state index contributed by atoms with van der Waals surface area (Å²) in [5.41, 5.74) is 8.59. The first-order chi connectivity index (χ1) is 7.66. The van der Waals surface area contributed by atoms with Crippen molar-refractivity contribution in [1.29, 1.82) is 0 Å². The average Bonchev–Trinajstić information content (AvgIpc) is 2.62. The van der Waals surface area contributed by atoms with Gasteiger partial charge in [-0.1, -0.05) is 0 Å². The Kier molecular flexibility index (Phi) is 1.87. The third-order valence-electron chi connectivity index (χ3n) is 3.43. The van der Waals surface area contributed by atoms with Gasteiger partial charge in [-0.3, -0.25) is 9.97 Å². The van der Waals surface area contributed by atoms with Gasteiger partial charge in [0.2, 0.25) is 0 Å². The molecule has 2 heteroatoms. The minimum Gasteiger partial charge on any atom is -0.257 e. The molecule has 2 aromatic rings. The predicted octanol–water partition coefficient (Wildman–Crippen LogP) is 2.97. The van der Waals surface area contributed by atoms with Crippen LogP contribution >= 0.6 is 0 Å². The molecule has 2 heterocycles. The lowest BCUT2D eigenvalue weighted by Gasteiger charge is -2.05. The van der Waals surface area contributed by atoms with Crippen LogP contribution in [0.4, 0.5) is 0 Å². The van der Waals surface area contributed by atoms with Crippen molar-refractivity contribution in [3.8, 4) is 11.3 Å². The average molecular weight is 210 g/mol. The van der Waals surface area contributed by atoms with Gasteiger partial charge in [-0.05, 0) is 49.6 Å². The maximum Gasteiger partial charge on any atom is 0.0759 e. The smallest absolute Gasteiger partial charge is 0.0759 e. The van der Waals surface area contributed by atoms with Crippen molar-refractivity contribution >= 4 is 0 Å². The monoisotopic (exact) mass is 210 g/mol. The van der Waals surface area contributed by atoms with Crippen LogP contribution in [-0.2, 0) is 6.42 Å². The second-order valence-corrected chi connectivity index (χ2v) is 4.52. The van der Waals surface area contributed by atoms with E-state index in [1.165, 1.54) is 27.9 Å². The summed E-state index contributed by atoms with van der Waals surface area (Å²) in [4.78, 5) is 9.15. The van der Waals surface area contributed by atoms with Crippen LogP contribution in [-0.4, -0.2) is 9.97 Å². The first kappa shape index (κ1) is 9.52. The second kappa shape index (κ2) is 3.14. The van der Waals surface area contributed by atoms with Gasteiger partial charge in [0.25, 0.3) is 0 Å². The van der Waals surface area contributed by atoms with E-state index in [0.29, 0.717) is 0 Å².